The summed E-state index contributed by atoms with van der Waals surface area (Å²) < 4.78 is 0. The summed E-state index contributed by atoms with van der Waals surface area (Å²) in [7, 11) is 0. The number of carbonyl (C=O) groups excluding carboxylic acids is 1. The lowest BCUT2D eigenvalue weighted by Gasteiger charge is -2.40. The van der Waals surface area contributed by atoms with Gasteiger partial charge in [-0.05, 0) is 0 Å². The molecule has 1 unspecified atom stereocenters. The number of imidazole rings is 1. The van der Waals surface area contributed by atoms with Crippen molar-refractivity contribution >= 4 is 11.9 Å². The molecule has 0 saturated carbocycles. The Hall–Kier alpha value is -2.05. The number of aromatic amines is 2. The van der Waals surface area contributed by atoms with E-state index in [-0.39, 0.29) is 17.5 Å². The molecule has 1 aliphatic heterocycles. The number of likely N-dealkylation sites (tertiary alicyclic amines) is 1. The van der Waals surface area contributed by atoms with E-state index >= 15 is 0 Å². The van der Waals surface area contributed by atoms with Gasteiger partial charge in [0.05, 0.1) is 5.92 Å². The van der Waals surface area contributed by atoms with Gasteiger partial charge in [-0.15, -0.1) is 0 Å². The van der Waals surface area contributed by atoms with Gasteiger partial charge in [0, 0.05) is 25.2 Å². The second-order valence-corrected chi connectivity index (χ2v) is 4.25. The summed E-state index contributed by atoms with van der Waals surface area (Å²) in [6, 6.07) is 0. The first-order chi connectivity index (χ1) is 7.99. The fourth-order valence-corrected chi connectivity index (χ4v) is 1.81. The number of nitrogens with zero attached hydrogens (tertiary/aromatic N) is 1. The zero-order valence-electron chi connectivity index (χ0n) is 9.27. The lowest BCUT2D eigenvalue weighted by Crippen LogP contribution is -2.53. The van der Waals surface area contributed by atoms with Crippen molar-refractivity contribution in [2.75, 3.05) is 13.1 Å². The molecule has 1 aromatic heterocycles. The topological polar surface area (TPSA) is 106 Å². The van der Waals surface area contributed by atoms with Gasteiger partial charge in [0.15, 0.2) is 0 Å². The molecule has 17 heavy (non-hydrogen) atoms. The van der Waals surface area contributed by atoms with Crippen LogP contribution in [0.4, 0.5) is 0 Å². The largest absolute Gasteiger partial charge is 0.481 e. The molecule has 1 amide bonds. The Balaban J connectivity index is 1.94. The average molecular weight is 239 g/mol. The van der Waals surface area contributed by atoms with E-state index in [0.29, 0.717) is 13.1 Å². The fraction of sp³-hybridized carbons (Fsp3) is 0.500. The average Bonchev–Trinajstić information content (AvgIpc) is 2.62. The molecule has 1 aromatic rings. The maximum atomic E-state index is 11.8. The zero-order chi connectivity index (χ0) is 12.6. The Morgan fingerprint density at radius 3 is 2.65 bits per heavy atom. The maximum Gasteiger partial charge on any atom is 0.323 e. The second-order valence-electron chi connectivity index (χ2n) is 4.25. The third kappa shape index (κ3) is 2.08. The van der Waals surface area contributed by atoms with E-state index < -0.39 is 17.6 Å². The van der Waals surface area contributed by atoms with Crippen LogP contribution in [-0.2, 0) is 4.79 Å². The number of hydrogen-bond acceptors (Lipinski definition) is 3. The highest BCUT2D eigenvalue weighted by Gasteiger charge is 2.37. The number of carboxylic acids is 1. The molecule has 3 N–H and O–H groups in total. The summed E-state index contributed by atoms with van der Waals surface area (Å²) in [6.07, 6.45) is 1.32. The molecule has 2 heterocycles. The Morgan fingerprint density at radius 2 is 2.18 bits per heavy atom. The Morgan fingerprint density at radius 1 is 1.53 bits per heavy atom. The molecule has 0 bridgehead atoms. The predicted molar refractivity (Wildman–Crippen MR) is 57.6 cm³/mol. The Bertz CT molecular complexity index is 498. The molecule has 0 spiro atoms. The van der Waals surface area contributed by atoms with Gasteiger partial charge in [-0.2, -0.15) is 0 Å². The molecule has 0 radical (unpaired) electrons. The van der Waals surface area contributed by atoms with Gasteiger partial charge in [-0.3, -0.25) is 9.59 Å². The van der Waals surface area contributed by atoms with Crippen molar-refractivity contribution in [3.8, 4) is 0 Å². The standard InChI is InChI=1S/C10H13N3O4/c1-5(9(15)16)6-3-13(4-6)8(14)7-2-11-10(17)12-7/h2,5-6H,3-4H2,1H3,(H,15,16)(H2,11,12,17). The second kappa shape index (κ2) is 4.08. The van der Waals surface area contributed by atoms with E-state index in [2.05, 4.69) is 9.97 Å². The number of hydrogen-bond donors (Lipinski definition) is 3. The van der Waals surface area contributed by atoms with Crippen molar-refractivity contribution in [2.24, 2.45) is 11.8 Å². The van der Waals surface area contributed by atoms with Gasteiger partial charge in [0.2, 0.25) is 0 Å². The van der Waals surface area contributed by atoms with Crippen LogP contribution in [0.2, 0.25) is 0 Å². The van der Waals surface area contributed by atoms with Crippen molar-refractivity contribution in [3.05, 3.63) is 22.4 Å². The van der Waals surface area contributed by atoms with Crippen LogP contribution in [0.25, 0.3) is 0 Å². The minimum atomic E-state index is -0.850. The number of carboxylic acid groups (broad SMARTS) is 1. The number of carbonyl (C=O) groups is 2. The quantitative estimate of drug-likeness (QED) is 0.660. The number of aromatic nitrogens is 2. The van der Waals surface area contributed by atoms with Crippen molar-refractivity contribution in [1.29, 1.82) is 0 Å². The summed E-state index contributed by atoms with van der Waals surface area (Å²) in [5, 5.41) is 8.81. The first-order valence-corrected chi connectivity index (χ1v) is 5.29. The van der Waals surface area contributed by atoms with Crippen molar-refractivity contribution in [3.63, 3.8) is 0 Å². The highest BCUT2D eigenvalue weighted by atomic mass is 16.4. The summed E-state index contributed by atoms with van der Waals surface area (Å²) in [6.45, 7) is 2.46. The number of nitrogens with one attached hydrogen (secondary N) is 2. The van der Waals surface area contributed by atoms with Crippen LogP contribution in [0, 0.1) is 11.8 Å². The lowest BCUT2D eigenvalue weighted by molar-refractivity contribution is -0.144. The highest BCUT2D eigenvalue weighted by molar-refractivity contribution is 5.92. The van der Waals surface area contributed by atoms with Crippen LogP contribution in [0.1, 0.15) is 17.4 Å². The molecular weight excluding hydrogens is 226 g/mol. The number of amides is 1. The summed E-state index contributed by atoms with van der Waals surface area (Å²) in [5.41, 5.74) is -0.222. The van der Waals surface area contributed by atoms with Crippen LogP contribution in [0.3, 0.4) is 0 Å². The van der Waals surface area contributed by atoms with E-state index in [1.54, 1.807) is 6.92 Å². The van der Waals surface area contributed by atoms with Gasteiger partial charge >= 0.3 is 11.7 Å². The number of rotatable bonds is 3. The minimum absolute atomic E-state index is 0.0119. The number of H-pyrrole nitrogens is 2. The van der Waals surface area contributed by atoms with E-state index in [9.17, 15) is 14.4 Å². The van der Waals surface area contributed by atoms with Crippen LogP contribution in [-0.4, -0.2) is 44.9 Å². The Labute approximate surface area is 96.4 Å². The monoisotopic (exact) mass is 239 g/mol. The van der Waals surface area contributed by atoms with Crippen molar-refractivity contribution < 1.29 is 14.7 Å². The molecule has 92 valence electrons. The molecular formula is C10H13N3O4. The summed E-state index contributed by atoms with van der Waals surface area (Å²) in [4.78, 5) is 39.6. The SMILES string of the molecule is CC(C(=O)O)C1CN(C(=O)c2c[nH]c(=O)[nH]2)C1. The van der Waals surface area contributed by atoms with Crippen LogP contribution in [0.15, 0.2) is 11.0 Å². The molecule has 0 aromatic carbocycles. The minimum Gasteiger partial charge on any atom is -0.481 e. The normalized spacial score (nSPS) is 17.6. The van der Waals surface area contributed by atoms with Crippen LogP contribution < -0.4 is 5.69 Å². The molecule has 2 rings (SSSR count). The van der Waals surface area contributed by atoms with Crippen molar-refractivity contribution in [2.45, 2.75) is 6.92 Å². The van der Waals surface area contributed by atoms with E-state index in [1.165, 1.54) is 11.1 Å². The molecule has 7 heteroatoms. The molecule has 0 aliphatic carbocycles. The third-order valence-corrected chi connectivity index (χ3v) is 3.12. The lowest BCUT2D eigenvalue weighted by atomic mass is 9.87. The molecule has 1 saturated heterocycles. The van der Waals surface area contributed by atoms with Crippen molar-refractivity contribution in [1.82, 2.24) is 14.9 Å². The molecule has 1 atom stereocenters. The maximum absolute atomic E-state index is 11.8. The summed E-state index contributed by atoms with van der Waals surface area (Å²) >= 11 is 0. The van der Waals surface area contributed by atoms with E-state index in [4.69, 9.17) is 5.11 Å². The first kappa shape index (κ1) is 11.4. The van der Waals surface area contributed by atoms with Gasteiger partial charge < -0.3 is 20.0 Å². The first-order valence-electron chi connectivity index (χ1n) is 5.29. The number of aliphatic carboxylic acids is 1. The highest BCUT2D eigenvalue weighted by Crippen LogP contribution is 2.24. The van der Waals surface area contributed by atoms with Gasteiger partial charge in [-0.25, -0.2) is 4.79 Å². The third-order valence-electron chi connectivity index (χ3n) is 3.12. The van der Waals surface area contributed by atoms with E-state index in [0.717, 1.165) is 0 Å². The fourth-order valence-electron chi connectivity index (χ4n) is 1.81. The molecule has 1 aliphatic rings. The van der Waals surface area contributed by atoms with Crippen LogP contribution in [0.5, 0.6) is 0 Å². The molecule has 7 nitrogen and oxygen atoms in total. The van der Waals surface area contributed by atoms with Gasteiger partial charge in [-0.1, -0.05) is 6.92 Å². The predicted octanol–water partition coefficient (Wildman–Crippen LogP) is -0.504. The summed E-state index contributed by atoms with van der Waals surface area (Å²) in [5.74, 6) is -1.60. The van der Waals surface area contributed by atoms with Crippen LogP contribution >= 0.6 is 0 Å². The Kier molecular flexibility index (Phi) is 2.74. The smallest absolute Gasteiger partial charge is 0.323 e. The van der Waals surface area contributed by atoms with Gasteiger partial charge in [0.1, 0.15) is 5.69 Å². The van der Waals surface area contributed by atoms with Gasteiger partial charge in [0.25, 0.3) is 5.91 Å². The van der Waals surface area contributed by atoms with E-state index in [1.807, 2.05) is 0 Å². The molecule has 1 fully saturated rings. The zero-order valence-corrected chi connectivity index (χ0v) is 9.27.